The topological polar surface area (TPSA) is 67.1 Å². The number of aromatic nitrogens is 2. The minimum Gasteiger partial charge on any atom is -0.326 e. The lowest BCUT2D eigenvalue weighted by molar-refractivity contribution is 0.963. The predicted octanol–water partition coefficient (Wildman–Crippen LogP) is 2.23. The summed E-state index contributed by atoms with van der Waals surface area (Å²) in [5.74, 6) is 6.64. The smallest absolute Gasteiger partial charge is 0.239 e. The highest BCUT2D eigenvalue weighted by molar-refractivity contribution is 5.60. The van der Waals surface area contributed by atoms with E-state index in [-0.39, 0.29) is 0 Å². The largest absolute Gasteiger partial charge is 0.326 e. The van der Waals surface area contributed by atoms with E-state index in [1.807, 2.05) is 31.2 Å². The lowest BCUT2D eigenvalue weighted by Gasteiger charge is -2.22. The molecular formula is C13H17N5. The maximum absolute atomic E-state index is 5.37. The molecule has 0 atom stereocenters. The molecule has 1 heterocycles. The first-order valence-corrected chi connectivity index (χ1v) is 5.89. The van der Waals surface area contributed by atoms with Crippen LogP contribution in [0.2, 0.25) is 0 Å². The molecule has 0 aliphatic carbocycles. The van der Waals surface area contributed by atoms with E-state index < -0.39 is 0 Å². The van der Waals surface area contributed by atoms with E-state index in [2.05, 4.69) is 39.4 Å². The van der Waals surface area contributed by atoms with Crippen LogP contribution in [0.25, 0.3) is 0 Å². The second-order valence-electron chi connectivity index (χ2n) is 3.92. The molecule has 0 unspecified atom stereocenters. The van der Waals surface area contributed by atoms with Crippen molar-refractivity contribution in [2.24, 2.45) is 5.84 Å². The van der Waals surface area contributed by atoms with Gasteiger partial charge in [0.2, 0.25) is 5.95 Å². The molecule has 5 nitrogen and oxygen atoms in total. The molecule has 0 bridgehead atoms. The average Bonchev–Trinajstić information content (AvgIpc) is 2.40. The molecule has 94 valence electrons. The van der Waals surface area contributed by atoms with E-state index in [1.54, 1.807) is 0 Å². The number of nitrogens with two attached hydrogens (primary N) is 1. The third-order valence-electron chi connectivity index (χ3n) is 2.63. The molecule has 1 aromatic heterocycles. The minimum atomic E-state index is 0.430. The van der Waals surface area contributed by atoms with Crippen molar-refractivity contribution >= 4 is 17.5 Å². The van der Waals surface area contributed by atoms with Gasteiger partial charge in [0.25, 0.3) is 0 Å². The Labute approximate surface area is 107 Å². The molecular weight excluding hydrogens is 226 g/mol. The number of para-hydroxylation sites is 1. The van der Waals surface area contributed by atoms with Crippen molar-refractivity contribution in [1.29, 1.82) is 0 Å². The highest BCUT2D eigenvalue weighted by atomic mass is 15.3. The number of aryl methyl sites for hydroxylation is 1. The molecule has 0 radical (unpaired) electrons. The lowest BCUT2D eigenvalue weighted by Crippen LogP contribution is -2.19. The number of rotatable bonds is 4. The Morgan fingerprint density at radius 3 is 2.56 bits per heavy atom. The molecule has 5 heteroatoms. The molecule has 1 aromatic carbocycles. The average molecular weight is 243 g/mol. The fraction of sp³-hybridized carbons (Fsp3) is 0.231. The van der Waals surface area contributed by atoms with E-state index in [1.165, 1.54) is 0 Å². The molecule has 0 aliphatic heterocycles. The highest BCUT2D eigenvalue weighted by Gasteiger charge is 2.10. The predicted molar refractivity (Wildman–Crippen MR) is 73.7 cm³/mol. The third-order valence-corrected chi connectivity index (χ3v) is 2.63. The van der Waals surface area contributed by atoms with Crippen LogP contribution in [0.3, 0.4) is 0 Å². The molecule has 3 N–H and O–H groups in total. The number of nitrogens with zero attached hydrogens (tertiary/aromatic N) is 3. The molecule has 18 heavy (non-hydrogen) atoms. The Morgan fingerprint density at radius 2 is 1.94 bits per heavy atom. The summed E-state index contributed by atoms with van der Waals surface area (Å²) in [6, 6.07) is 12.1. The van der Waals surface area contributed by atoms with E-state index >= 15 is 0 Å². The molecule has 0 aliphatic rings. The summed E-state index contributed by atoms with van der Waals surface area (Å²) >= 11 is 0. The minimum absolute atomic E-state index is 0.430. The van der Waals surface area contributed by atoms with Gasteiger partial charge in [-0.2, -0.15) is 4.98 Å². The van der Waals surface area contributed by atoms with Crippen molar-refractivity contribution < 1.29 is 0 Å². The van der Waals surface area contributed by atoms with Crippen LogP contribution in [-0.4, -0.2) is 16.5 Å². The number of anilines is 3. The monoisotopic (exact) mass is 243 g/mol. The van der Waals surface area contributed by atoms with Crippen LogP contribution in [0, 0.1) is 6.92 Å². The zero-order valence-corrected chi connectivity index (χ0v) is 10.6. The van der Waals surface area contributed by atoms with Crippen LogP contribution in [0.5, 0.6) is 0 Å². The van der Waals surface area contributed by atoms with Gasteiger partial charge in [0.05, 0.1) is 0 Å². The summed E-state index contributed by atoms with van der Waals surface area (Å²) in [5, 5.41) is 0. The third kappa shape index (κ3) is 2.57. The number of benzene rings is 1. The van der Waals surface area contributed by atoms with Gasteiger partial charge in [-0.15, -0.1) is 0 Å². The fourth-order valence-corrected chi connectivity index (χ4v) is 1.84. The van der Waals surface area contributed by atoms with Gasteiger partial charge in [0.15, 0.2) is 0 Å². The van der Waals surface area contributed by atoms with Gasteiger partial charge in [-0.25, -0.2) is 10.8 Å². The maximum atomic E-state index is 5.37. The van der Waals surface area contributed by atoms with Crippen LogP contribution < -0.4 is 16.2 Å². The summed E-state index contributed by atoms with van der Waals surface area (Å²) in [7, 11) is 0. The molecule has 0 fully saturated rings. The van der Waals surface area contributed by atoms with E-state index in [4.69, 9.17) is 5.84 Å². The quantitative estimate of drug-likeness (QED) is 0.636. The Bertz CT molecular complexity index is 512. The maximum Gasteiger partial charge on any atom is 0.239 e. The van der Waals surface area contributed by atoms with Crippen LogP contribution in [0.15, 0.2) is 36.4 Å². The molecule has 2 rings (SSSR count). The van der Waals surface area contributed by atoms with Crippen LogP contribution in [-0.2, 0) is 0 Å². The van der Waals surface area contributed by atoms with E-state index in [9.17, 15) is 0 Å². The summed E-state index contributed by atoms with van der Waals surface area (Å²) in [6.45, 7) is 4.83. The van der Waals surface area contributed by atoms with Crippen molar-refractivity contribution in [3.05, 3.63) is 42.1 Å². The number of nitrogens with one attached hydrogen (secondary N) is 1. The molecule has 0 amide bonds. The van der Waals surface area contributed by atoms with Crippen molar-refractivity contribution in [2.45, 2.75) is 13.8 Å². The Kier molecular flexibility index (Phi) is 3.74. The molecule has 0 saturated heterocycles. The first-order chi connectivity index (χ1) is 8.74. The summed E-state index contributed by atoms with van der Waals surface area (Å²) < 4.78 is 0. The zero-order chi connectivity index (χ0) is 13.0. The van der Waals surface area contributed by atoms with Crippen molar-refractivity contribution in [2.75, 3.05) is 16.9 Å². The van der Waals surface area contributed by atoms with Crippen LogP contribution >= 0.6 is 0 Å². The first kappa shape index (κ1) is 12.3. The summed E-state index contributed by atoms with van der Waals surface area (Å²) in [6.07, 6.45) is 0. The zero-order valence-electron chi connectivity index (χ0n) is 10.6. The second-order valence-corrected chi connectivity index (χ2v) is 3.92. The van der Waals surface area contributed by atoms with Gasteiger partial charge in [0.1, 0.15) is 5.82 Å². The van der Waals surface area contributed by atoms with Gasteiger partial charge in [0, 0.05) is 24.0 Å². The lowest BCUT2D eigenvalue weighted by atomic mass is 10.2. The van der Waals surface area contributed by atoms with Gasteiger partial charge < -0.3 is 4.90 Å². The summed E-state index contributed by atoms with van der Waals surface area (Å²) in [4.78, 5) is 10.7. The van der Waals surface area contributed by atoms with E-state index in [0.717, 1.165) is 23.7 Å². The van der Waals surface area contributed by atoms with Crippen molar-refractivity contribution in [3.63, 3.8) is 0 Å². The Balaban J connectivity index is 2.42. The standard InChI is InChI=1S/C13H17N5/c1-3-18(11-7-5-4-6-8-11)12-9-10(2)15-13(16-12)17-14/h4-9H,3,14H2,1-2H3,(H,15,16,17). The van der Waals surface area contributed by atoms with Gasteiger partial charge >= 0.3 is 0 Å². The fourth-order valence-electron chi connectivity index (χ4n) is 1.84. The van der Waals surface area contributed by atoms with Gasteiger partial charge in [-0.3, -0.25) is 5.43 Å². The summed E-state index contributed by atoms with van der Waals surface area (Å²) in [5.41, 5.74) is 4.47. The Morgan fingerprint density at radius 1 is 1.22 bits per heavy atom. The van der Waals surface area contributed by atoms with Crippen molar-refractivity contribution in [3.8, 4) is 0 Å². The number of hydrogen-bond donors (Lipinski definition) is 2. The highest BCUT2D eigenvalue weighted by Crippen LogP contribution is 2.24. The number of hydrogen-bond acceptors (Lipinski definition) is 5. The normalized spacial score (nSPS) is 10.2. The van der Waals surface area contributed by atoms with E-state index in [0.29, 0.717) is 5.95 Å². The number of hydrazine groups is 1. The Hall–Kier alpha value is -2.14. The van der Waals surface area contributed by atoms with Gasteiger partial charge in [-0.05, 0) is 26.0 Å². The second kappa shape index (κ2) is 5.46. The molecule has 0 saturated carbocycles. The van der Waals surface area contributed by atoms with Crippen LogP contribution in [0.4, 0.5) is 17.5 Å². The molecule has 0 spiro atoms. The molecule has 2 aromatic rings. The SMILES string of the molecule is CCN(c1ccccc1)c1cc(C)nc(NN)n1. The van der Waals surface area contributed by atoms with Crippen LogP contribution in [0.1, 0.15) is 12.6 Å². The first-order valence-electron chi connectivity index (χ1n) is 5.89. The van der Waals surface area contributed by atoms with Gasteiger partial charge in [-0.1, -0.05) is 18.2 Å². The number of nitrogen functional groups attached to an aromatic ring is 1. The van der Waals surface area contributed by atoms with Crippen molar-refractivity contribution in [1.82, 2.24) is 9.97 Å².